The van der Waals surface area contributed by atoms with Crippen molar-refractivity contribution >= 4 is 11.9 Å². The first-order chi connectivity index (χ1) is 57.5. The Hall–Kier alpha value is -3.42. The number of ether oxygens (including phenoxy) is 14. The molecule has 7 saturated heterocycles. The fraction of sp³-hybridized carbons (Fsp3) is 0.882. The number of nitrogens with one attached hydrogen (secondary N) is 1. The molecule has 0 saturated carbocycles. The van der Waals surface area contributed by atoms with Crippen LogP contribution >= 0.6 is 0 Å². The molecule has 8 aliphatic rings. The molecule has 0 spiro atoms. The summed E-state index contributed by atoms with van der Waals surface area (Å²) in [6, 6.07) is -1.56. The lowest BCUT2D eigenvalue weighted by molar-refractivity contribution is -0.391. The van der Waals surface area contributed by atoms with E-state index in [1.807, 2.05) is 20.8 Å². The van der Waals surface area contributed by atoms with E-state index in [1.54, 1.807) is 39.8 Å². The van der Waals surface area contributed by atoms with Crippen LogP contribution in [0.4, 0.5) is 0 Å². The molecule has 0 aromatic heterocycles. The molecule has 7 fully saturated rings. The molecule has 0 unspecified atom stereocenters. The maximum atomic E-state index is 13.8. The second kappa shape index (κ2) is 47.9. The summed E-state index contributed by atoms with van der Waals surface area (Å²) in [6.45, 7) is 19.9. The minimum Gasteiger partial charge on any atom is -0.458 e. The molecule has 2 bridgehead atoms. The lowest BCUT2D eigenvalue weighted by atomic mass is 9.79. The van der Waals surface area contributed by atoms with Gasteiger partial charge in [-0.05, 0) is 79.1 Å². The molecule has 21 N–H and O–H groups in total. The fourth-order valence-corrected chi connectivity index (χ4v) is 17.5. The highest BCUT2D eigenvalue weighted by molar-refractivity contribution is 5.82. The van der Waals surface area contributed by atoms with Crippen molar-refractivity contribution in [1.82, 2.24) is 5.32 Å². The van der Waals surface area contributed by atoms with Gasteiger partial charge in [0.05, 0.1) is 129 Å². The van der Waals surface area contributed by atoms with Gasteiger partial charge in [-0.15, -0.1) is 0 Å². The van der Waals surface area contributed by atoms with Crippen molar-refractivity contribution in [2.75, 3.05) is 6.61 Å². The molecule has 0 radical (unpaired) electrons. The van der Waals surface area contributed by atoms with Crippen LogP contribution in [0, 0.1) is 35.5 Å². The topological polar surface area (TPSA) is 580 Å². The number of hydrogen-bond donors (Lipinski definition) is 21. The van der Waals surface area contributed by atoms with Gasteiger partial charge in [0.2, 0.25) is 5.91 Å². The average molecular weight is 1760 g/mol. The molecule has 46 atom stereocenters. The summed E-state index contributed by atoms with van der Waals surface area (Å²) in [6.07, 6.45) is -39.3. The highest BCUT2D eigenvalue weighted by atomic mass is 16.8. The number of amides is 1. The normalized spacial score (nSPS) is 46.2. The third-order valence-corrected chi connectivity index (χ3v) is 26.1. The number of carbonyl (C=O) groups excluding carboxylic acids is 2. The number of rotatable bonds is 21. The van der Waals surface area contributed by atoms with Crippen molar-refractivity contribution in [3.63, 3.8) is 0 Å². The number of fused-ring (bicyclic) bond motifs is 2. The summed E-state index contributed by atoms with van der Waals surface area (Å²) in [5.41, 5.74) is 0. The third-order valence-electron chi connectivity index (χ3n) is 26.1. The number of cyclic esters (lactones) is 1. The minimum atomic E-state index is -2.88. The second-order valence-corrected chi connectivity index (χ2v) is 35.4. The van der Waals surface area contributed by atoms with Crippen LogP contribution in [0.1, 0.15) is 186 Å². The Bertz CT molecular complexity index is 3210. The standard InChI is InChI=1S/C85H145NO36/c1-14-58(115-67-31-29-60(45(9)110-67)116-66-30-28-51(90)44(8)109-66)41(5)70(98)43(7)71(99)42(6)59-26-19-15-17-23-50(89)32-54(93)39(3)55(94)33-61(117-82-69(86-49(13)88)76(104)75(103)64(37-87)119-82)40(4)62-34-57(96)81(107)85(108,122-62)36-63(38(2)22-21-25-53(92)52(91)24-18-16-20-27-65(97)114-59)118-84-80(121-83-78(106)77(105)73(101)47(11)112-83)79(74(102)48(12)113-84)120-68-35-56(95)72(100)46(10)111-68/h15-20,23,27,38-48,50-64,66-84,87,89-96,98-108H,14,21-22,24-26,28-37H2,1-13H3,(H,86,88)/t38-,39-,40-,41+,42-,43-,44+,45+,46+,47+,48+,50-,51-,52-,53+,54+,55+,56+,57+,58+,59+,60-,61+,62+,63-,64+,66-,67-,68-,69+,70+,71-,72+,73+,74+,75-,76+,77-,78+,79-,80+,81-,82+,83-,84-,85+/m0/s1. The molecule has 0 aromatic carbocycles. The van der Waals surface area contributed by atoms with E-state index in [1.165, 1.54) is 65.0 Å². The molecule has 122 heavy (non-hydrogen) atoms. The Morgan fingerprint density at radius 1 is 0.516 bits per heavy atom. The SMILES string of the molecule is CC[C@@H](O[C@H]1CC[C@H](O[C@H]2CC[C@H](O)[C@@H](C)O2)[C@@H](C)O1)[C@@H](C)[C@@H](O)[C@H](C)[C@@H](O)[C@@H](C)[C@H]1CC=CC=C[C@H](O)C[C@@H](O)[C@H](C)[C@H](O)C[C@@H](O[C@@H]2O[C@H](CO)[C@H](O)[C@H](O)[C@H]2NC(C)=O)[C@H](C)[C@H]2C[C@@H](O)[C@H](O)[C@@](O)(C[C@H](O[C@@H]3O[C@H](C)[C@@H](O)[C@H](O[C@H]4C[C@@H](O)[C@H](O)[C@@H](C)O4)[C@H]3O[C@@H]3O[C@H](C)[C@@H](O)[C@H](O)[C@H]3O)[C@@H](C)CCC[C@@H](O)[C@@H](O)CC=CC=CC(=O)O1)O2. The summed E-state index contributed by atoms with van der Waals surface area (Å²) in [4.78, 5) is 26.6. The lowest BCUT2D eigenvalue weighted by Gasteiger charge is -2.50. The van der Waals surface area contributed by atoms with Crippen LogP contribution in [0.15, 0.2) is 48.6 Å². The van der Waals surface area contributed by atoms with E-state index < -0.39 is 300 Å². The molecule has 1 amide bonds. The Morgan fingerprint density at radius 3 is 1.81 bits per heavy atom. The maximum absolute atomic E-state index is 13.8. The van der Waals surface area contributed by atoms with Crippen molar-refractivity contribution in [3.05, 3.63) is 48.6 Å². The monoisotopic (exact) mass is 1760 g/mol. The molecule has 8 rings (SSSR count). The van der Waals surface area contributed by atoms with Gasteiger partial charge in [-0.25, -0.2) is 4.79 Å². The van der Waals surface area contributed by atoms with Crippen molar-refractivity contribution in [2.45, 2.75) is 431 Å². The smallest absolute Gasteiger partial charge is 0.331 e. The quantitative estimate of drug-likeness (QED) is 0.0592. The largest absolute Gasteiger partial charge is 0.458 e. The van der Waals surface area contributed by atoms with E-state index in [4.69, 9.17) is 66.3 Å². The first-order valence-electron chi connectivity index (χ1n) is 43.7. The zero-order valence-corrected chi connectivity index (χ0v) is 72.4. The van der Waals surface area contributed by atoms with Gasteiger partial charge in [-0.2, -0.15) is 0 Å². The predicted molar refractivity (Wildman–Crippen MR) is 429 cm³/mol. The Balaban J connectivity index is 1.08. The summed E-state index contributed by atoms with van der Waals surface area (Å²) in [5, 5.41) is 232. The average Bonchev–Trinajstić information content (AvgIpc) is 0.790. The van der Waals surface area contributed by atoms with Gasteiger partial charge in [0, 0.05) is 94.0 Å². The molecule has 37 heteroatoms. The van der Waals surface area contributed by atoms with Crippen LogP contribution in [0.2, 0.25) is 0 Å². The van der Waals surface area contributed by atoms with Gasteiger partial charge in [-0.3, -0.25) is 4.79 Å². The fourth-order valence-electron chi connectivity index (χ4n) is 17.5. The minimum absolute atomic E-state index is 0.00262. The van der Waals surface area contributed by atoms with E-state index >= 15 is 0 Å². The van der Waals surface area contributed by atoms with Crippen LogP contribution < -0.4 is 5.32 Å². The maximum Gasteiger partial charge on any atom is 0.331 e. The van der Waals surface area contributed by atoms with Gasteiger partial charge in [0.15, 0.2) is 43.5 Å². The van der Waals surface area contributed by atoms with Crippen LogP contribution in [-0.2, 0) is 75.9 Å². The van der Waals surface area contributed by atoms with Gasteiger partial charge in [-0.1, -0.05) is 97.4 Å². The van der Waals surface area contributed by atoms with E-state index in [2.05, 4.69) is 5.32 Å². The van der Waals surface area contributed by atoms with Crippen molar-refractivity contribution in [2.24, 2.45) is 35.5 Å². The molecule has 8 aliphatic heterocycles. The molecular weight excluding hydrogens is 1610 g/mol. The highest BCUT2D eigenvalue weighted by Crippen LogP contribution is 2.43. The Labute approximate surface area is 714 Å². The van der Waals surface area contributed by atoms with E-state index in [0.29, 0.717) is 32.1 Å². The van der Waals surface area contributed by atoms with Crippen LogP contribution in [0.25, 0.3) is 0 Å². The summed E-state index contributed by atoms with van der Waals surface area (Å²) in [7, 11) is 0. The first-order valence-corrected chi connectivity index (χ1v) is 43.7. The zero-order valence-electron chi connectivity index (χ0n) is 72.4. The molecule has 8 heterocycles. The van der Waals surface area contributed by atoms with Crippen molar-refractivity contribution in [3.8, 4) is 0 Å². The van der Waals surface area contributed by atoms with Crippen LogP contribution in [-0.4, -0.2) is 366 Å². The van der Waals surface area contributed by atoms with Gasteiger partial charge < -0.3 is 174 Å². The van der Waals surface area contributed by atoms with E-state index in [-0.39, 0.29) is 63.3 Å². The second-order valence-electron chi connectivity index (χ2n) is 35.4. The number of allylic oxidation sites excluding steroid dienone is 4. The van der Waals surface area contributed by atoms with Crippen molar-refractivity contribution < 1.29 is 178 Å². The van der Waals surface area contributed by atoms with Gasteiger partial charge >= 0.3 is 5.97 Å². The van der Waals surface area contributed by atoms with Gasteiger partial charge in [0.25, 0.3) is 0 Å². The molecule has 37 nitrogen and oxygen atoms in total. The number of aliphatic hydroxyl groups is 20. The van der Waals surface area contributed by atoms with Gasteiger partial charge in [0.1, 0.15) is 79.3 Å². The van der Waals surface area contributed by atoms with Crippen molar-refractivity contribution in [1.29, 1.82) is 0 Å². The molecule has 706 valence electrons. The number of esters is 1. The lowest BCUT2D eigenvalue weighted by Crippen LogP contribution is -2.66. The highest BCUT2D eigenvalue weighted by Gasteiger charge is 2.57. The Morgan fingerprint density at radius 2 is 1.15 bits per heavy atom. The number of aliphatic hydroxyl groups excluding tert-OH is 19. The van der Waals surface area contributed by atoms with Crippen LogP contribution in [0.5, 0.6) is 0 Å². The third kappa shape index (κ3) is 27.8. The molecule has 0 aromatic rings. The predicted octanol–water partition coefficient (Wildman–Crippen LogP) is -1.33. The van der Waals surface area contributed by atoms with Crippen LogP contribution in [0.3, 0.4) is 0 Å². The first kappa shape index (κ1) is 104. The van der Waals surface area contributed by atoms with E-state index in [0.717, 1.165) is 13.0 Å². The van der Waals surface area contributed by atoms with E-state index in [9.17, 15) is 112 Å². The molecular formula is C85H145NO36. The number of carbonyl (C=O) groups is 2. The summed E-state index contributed by atoms with van der Waals surface area (Å²) in [5.74, 6) is -9.80. The Kier molecular flexibility index (Phi) is 40.8. The summed E-state index contributed by atoms with van der Waals surface area (Å²) < 4.78 is 88.1. The zero-order chi connectivity index (χ0) is 90.2. The molecule has 0 aliphatic carbocycles. The summed E-state index contributed by atoms with van der Waals surface area (Å²) >= 11 is 0. The number of hydrogen-bond acceptors (Lipinski definition) is 36.